The van der Waals surface area contributed by atoms with Gasteiger partial charge in [-0.15, -0.1) is 0 Å². The lowest BCUT2D eigenvalue weighted by molar-refractivity contribution is -0.146. The van der Waals surface area contributed by atoms with Gasteiger partial charge in [-0.3, -0.25) is 4.79 Å². The highest BCUT2D eigenvalue weighted by Gasteiger charge is 2.42. The predicted molar refractivity (Wildman–Crippen MR) is 95.4 cm³/mol. The summed E-state index contributed by atoms with van der Waals surface area (Å²) in [7, 11) is 0. The third kappa shape index (κ3) is 3.71. The zero-order valence-corrected chi connectivity index (χ0v) is 15.2. The molecule has 2 amide bonds. The molecule has 1 unspecified atom stereocenters. The second-order valence-electron chi connectivity index (χ2n) is 6.85. The fourth-order valence-electron chi connectivity index (χ4n) is 3.21. The van der Waals surface area contributed by atoms with Crippen molar-refractivity contribution in [1.82, 2.24) is 4.90 Å². The lowest BCUT2D eigenvalue weighted by atomic mass is 9.90. The predicted octanol–water partition coefficient (Wildman–Crippen LogP) is 2.64. The maximum atomic E-state index is 14.0. The molecule has 0 bridgehead atoms. The monoisotopic (exact) mass is 385 g/mol. The van der Waals surface area contributed by atoms with Crippen molar-refractivity contribution in [1.29, 1.82) is 0 Å². The lowest BCUT2D eigenvalue weighted by Crippen LogP contribution is -2.39. The van der Waals surface area contributed by atoms with Crippen LogP contribution in [0.3, 0.4) is 0 Å². The molecule has 1 aromatic carbocycles. The zero-order valence-electron chi connectivity index (χ0n) is 14.4. The topological polar surface area (TPSA) is 82.1 Å². The molecular formula is C17H21ClFN3O4. The minimum Gasteiger partial charge on any atom is -0.481 e. The number of amides is 2. The minimum atomic E-state index is -0.963. The van der Waals surface area contributed by atoms with Gasteiger partial charge in [0, 0.05) is 32.2 Å². The third-order valence-electron chi connectivity index (χ3n) is 4.91. The van der Waals surface area contributed by atoms with E-state index in [1.807, 2.05) is 4.90 Å². The molecule has 142 valence electrons. The van der Waals surface area contributed by atoms with Crippen LogP contribution in [0.2, 0.25) is 5.02 Å². The van der Waals surface area contributed by atoms with Gasteiger partial charge in [0.05, 0.1) is 35.0 Å². The van der Waals surface area contributed by atoms with Crippen LogP contribution >= 0.6 is 11.6 Å². The van der Waals surface area contributed by atoms with E-state index in [1.54, 1.807) is 6.92 Å². The van der Waals surface area contributed by atoms with Gasteiger partial charge in [-0.2, -0.15) is 0 Å². The Labute approximate surface area is 155 Å². The number of ether oxygens (including phenoxy) is 1. The molecule has 0 aromatic heterocycles. The molecule has 1 atom stereocenters. The van der Waals surface area contributed by atoms with Crippen LogP contribution in [0, 0.1) is 11.2 Å². The number of rotatable bonds is 3. The van der Waals surface area contributed by atoms with E-state index in [0.29, 0.717) is 50.6 Å². The second kappa shape index (κ2) is 7.28. The van der Waals surface area contributed by atoms with Gasteiger partial charge in [0.1, 0.15) is 5.82 Å². The molecule has 26 heavy (non-hydrogen) atoms. The Morgan fingerprint density at radius 2 is 2.00 bits per heavy atom. The van der Waals surface area contributed by atoms with Gasteiger partial charge in [0.2, 0.25) is 0 Å². The average Bonchev–Trinajstić information content (AvgIpc) is 3.03. The van der Waals surface area contributed by atoms with Crippen LogP contribution < -0.4 is 10.2 Å². The Morgan fingerprint density at radius 3 is 2.62 bits per heavy atom. The number of urea groups is 1. The Hall–Kier alpha value is -2.06. The molecule has 2 aliphatic rings. The number of carboxylic acid groups (broad SMARTS) is 1. The van der Waals surface area contributed by atoms with E-state index in [-0.39, 0.29) is 11.6 Å². The molecule has 9 heteroatoms. The Balaban J connectivity index is 1.79. The van der Waals surface area contributed by atoms with E-state index >= 15 is 0 Å². The van der Waals surface area contributed by atoms with Crippen LogP contribution in [0.15, 0.2) is 12.1 Å². The molecule has 0 spiro atoms. The fraction of sp³-hybridized carbons (Fsp3) is 0.529. The highest BCUT2D eigenvalue weighted by molar-refractivity contribution is 6.31. The molecule has 2 heterocycles. The number of morpholine rings is 1. The number of carbonyl (C=O) groups is 2. The lowest BCUT2D eigenvalue weighted by Gasteiger charge is -2.31. The quantitative estimate of drug-likeness (QED) is 0.835. The average molecular weight is 386 g/mol. The normalized spacial score (nSPS) is 23.2. The third-order valence-corrected chi connectivity index (χ3v) is 5.20. The smallest absolute Gasteiger partial charge is 0.321 e. The molecule has 0 saturated carbocycles. The number of aliphatic carboxylic acids is 1. The first-order valence-electron chi connectivity index (χ1n) is 8.41. The van der Waals surface area contributed by atoms with Crippen LogP contribution in [0.5, 0.6) is 0 Å². The van der Waals surface area contributed by atoms with Crippen LogP contribution in [0.4, 0.5) is 20.6 Å². The molecule has 0 radical (unpaired) electrons. The first-order chi connectivity index (χ1) is 12.3. The van der Waals surface area contributed by atoms with Crippen molar-refractivity contribution in [3.63, 3.8) is 0 Å². The van der Waals surface area contributed by atoms with Crippen molar-refractivity contribution < 1.29 is 23.8 Å². The van der Waals surface area contributed by atoms with Crippen molar-refractivity contribution in [2.45, 2.75) is 13.3 Å². The molecule has 2 saturated heterocycles. The van der Waals surface area contributed by atoms with Crippen molar-refractivity contribution in [2.24, 2.45) is 5.41 Å². The molecule has 2 N–H and O–H groups in total. The van der Waals surface area contributed by atoms with Gasteiger partial charge in [-0.05, 0) is 19.4 Å². The maximum Gasteiger partial charge on any atom is 0.321 e. The summed E-state index contributed by atoms with van der Waals surface area (Å²) in [5.74, 6) is -1.56. The summed E-state index contributed by atoms with van der Waals surface area (Å²) in [6, 6.07) is 2.23. The number of carbonyl (C=O) groups excluding carboxylic acids is 1. The summed E-state index contributed by atoms with van der Waals surface area (Å²) in [5.41, 5.74) is -0.0358. The van der Waals surface area contributed by atoms with E-state index in [9.17, 15) is 19.1 Å². The van der Waals surface area contributed by atoms with E-state index in [0.717, 1.165) is 0 Å². The molecule has 7 nitrogen and oxygen atoms in total. The van der Waals surface area contributed by atoms with Crippen LogP contribution in [0.25, 0.3) is 0 Å². The highest BCUT2D eigenvalue weighted by Crippen LogP contribution is 2.34. The van der Waals surface area contributed by atoms with E-state index in [1.165, 1.54) is 17.0 Å². The van der Waals surface area contributed by atoms with Crippen molar-refractivity contribution in [2.75, 3.05) is 49.6 Å². The largest absolute Gasteiger partial charge is 0.481 e. The van der Waals surface area contributed by atoms with Crippen LogP contribution in [0.1, 0.15) is 13.3 Å². The molecule has 2 fully saturated rings. The van der Waals surface area contributed by atoms with Crippen molar-refractivity contribution in [3.8, 4) is 0 Å². The van der Waals surface area contributed by atoms with Crippen molar-refractivity contribution in [3.05, 3.63) is 23.0 Å². The van der Waals surface area contributed by atoms with Gasteiger partial charge >= 0.3 is 12.0 Å². The molecule has 2 aliphatic heterocycles. The Morgan fingerprint density at radius 1 is 1.31 bits per heavy atom. The van der Waals surface area contributed by atoms with Gasteiger partial charge in [0.25, 0.3) is 0 Å². The number of hydrogen-bond donors (Lipinski definition) is 2. The number of nitrogens with one attached hydrogen (secondary N) is 1. The zero-order chi connectivity index (χ0) is 18.9. The van der Waals surface area contributed by atoms with E-state index in [4.69, 9.17) is 16.3 Å². The second-order valence-corrected chi connectivity index (χ2v) is 7.26. The first-order valence-corrected chi connectivity index (χ1v) is 8.79. The van der Waals surface area contributed by atoms with Crippen LogP contribution in [-0.4, -0.2) is 61.4 Å². The molecule has 0 aliphatic carbocycles. The number of carboxylic acids is 1. The summed E-state index contributed by atoms with van der Waals surface area (Å²) in [5, 5.41) is 12.0. The highest BCUT2D eigenvalue weighted by atomic mass is 35.5. The summed E-state index contributed by atoms with van der Waals surface area (Å²) >= 11 is 5.92. The standard InChI is InChI=1S/C17H21ClFN3O4/c1-17(15(23)24)2-3-22(10-17)16(25)20-13-9-12(19)11(18)8-14(13)21-4-6-26-7-5-21/h8-9H,2-7,10H2,1H3,(H,20,25)(H,23,24). The van der Waals surface area contributed by atoms with Gasteiger partial charge in [0.15, 0.2) is 0 Å². The number of nitrogens with zero attached hydrogens (tertiary/aromatic N) is 2. The number of likely N-dealkylation sites (tertiary alicyclic amines) is 1. The Kier molecular flexibility index (Phi) is 5.24. The van der Waals surface area contributed by atoms with E-state index in [2.05, 4.69) is 5.32 Å². The number of anilines is 2. The molecular weight excluding hydrogens is 365 g/mol. The van der Waals surface area contributed by atoms with Gasteiger partial charge in [-0.25, -0.2) is 9.18 Å². The SMILES string of the molecule is CC1(C(=O)O)CCN(C(=O)Nc2cc(F)c(Cl)cc2N2CCOCC2)C1. The van der Waals surface area contributed by atoms with Gasteiger partial charge in [-0.1, -0.05) is 11.6 Å². The first kappa shape index (κ1) is 18.7. The summed E-state index contributed by atoms with van der Waals surface area (Å²) in [6.45, 7) is 4.33. The van der Waals surface area contributed by atoms with Crippen molar-refractivity contribution >= 4 is 35.0 Å². The number of hydrogen-bond acceptors (Lipinski definition) is 4. The van der Waals surface area contributed by atoms with E-state index < -0.39 is 23.2 Å². The summed E-state index contributed by atoms with van der Waals surface area (Å²) in [6.07, 6.45) is 0.376. The number of benzene rings is 1. The molecule has 1 aromatic rings. The fourth-order valence-corrected chi connectivity index (χ4v) is 3.36. The number of halogens is 2. The molecule has 3 rings (SSSR count). The Bertz CT molecular complexity index is 726. The minimum absolute atomic E-state index is 0.0240. The van der Waals surface area contributed by atoms with Gasteiger partial charge < -0.3 is 25.0 Å². The van der Waals surface area contributed by atoms with Crippen LogP contribution in [-0.2, 0) is 9.53 Å². The maximum absolute atomic E-state index is 14.0. The summed E-state index contributed by atoms with van der Waals surface area (Å²) < 4.78 is 19.3. The summed E-state index contributed by atoms with van der Waals surface area (Å²) in [4.78, 5) is 27.3.